The maximum absolute atomic E-state index is 13.0. The summed E-state index contributed by atoms with van der Waals surface area (Å²) in [6, 6.07) is 23.5. The van der Waals surface area contributed by atoms with Crippen LogP contribution < -0.4 is 5.32 Å². The van der Waals surface area contributed by atoms with Crippen LogP contribution in [0.2, 0.25) is 5.02 Å². The van der Waals surface area contributed by atoms with Gasteiger partial charge in [0.05, 0.1) is 31.2 Å². The van der Waals surface area contributed by atoms with Crippen molar-refractivity contribution in [1.29, 1.82) is 0 Å². The molecule has 0 aliphatic carbocycles. The number of benzene rings is 3. The molecule has 0 bridgehead atoms. The Labute approximate surface area is 230 Å². The van der Waals surface area contributed by atoms with E-state index in [4.69, 9.17) is 16.3 Å². The summed E-state index contributed by atoms with van der Waals surface area (Å²) in [5.41, 5.74) is 2.34. The molecular formula is C28H26ClN5O3S. The fourth-order valence-corrected chi connectivity index (χ4v) is 5.05. The summed E-state index contributed by atoms with van der Waals surface area (Å²) in [5.74, 6) is 0.473. The highest BCUT2D eigenvalue weighted by Crippen LogP contribution is 2.25. The number of carbonyl (C=O) groups excluding carboxylic acids is 2. The van der Waals surface area contributed by atoms with Gasteiger partial charge >= 0.3 is 0 Å². The van der Waals surface area contributed by atoms with Crippen LogP contribution in [0.15, 0.2) is 84.0 Å². The summed E-state index contributed by atoms with van der Waals surface area (Å²) in [5, 5.41) is 13.0. The number of nitrogens with zero attached hydrogens (tertiary/aromatic N) is 4. The van der Waals surface area contributed by atoms with Crippen molar-refractivity contribution in [3.8, 4) is 5.69 Å². The summed E-state index contributed by atoms with van der Waals surface area (Å²) < 4.78 is 7.42. The van der Waals surface area contributed by atoms with Gasteiger partial charge in [-0.05, 0) is 36.4 Å². The van der Waals surface area contributed by atoms with Crippen LogP contribution in [0.25, 0.3) is 5.69 Å². The maximum Gasteiger partial charge on any atom is 0.234 e. The Bertz CT molecular complexity index is 1410. The van der Waals surface area contributed by atoms with Crippen LogP contribution in [0, 0.1) is 0 Å². The Hall–Kier alpha value is -3.50. The molecule has 1 aliphatic heterocycles. The smallest absolute Gasteiger partial charge is 0.234 e. The van der Waals surface area contributed by atoms with Gasteiger partial charge in [-0.3, -0.25) is 19.1 Å². The normalized spacial score (nSPS) is 13.8. The van der Waals surface area contributed by atoms with E-state index < -0.39 is 0 Å². The monoisotopic (exact) mass is 547 g/mol. The van der Waals surface area contributed by atoms with Crippen molar-refractivity contribution in [2.24, 2.45) is 0 Å². The number of halogens is 1. The summed E-state index contributed by atoms with van der Waals surface area (Å²) >= 11 is 7.40. The molecule has 1 amide bonds. The maximum atomic E-state index is 13.0. The highest BCUT2D eigenvalue weighted by atomic mass is 35.5. The number of thioether (sulfide) groups is 1. The van der Waals surface area contributed by atoms with Gasteiger partial charge in [0.2, 0.25) is 5.91 Å². The number of ketones is 1. The van der Waals surface area contributed by atoms with Gasteiger partial charge in [-0.1, -0.05) is 65.8 Å². The van der Waals surface area contributed by atoms with Crippen molar-refractivity contribution in [3.05, 3.63) is 101 Å². The number of nitrogens with one attached hydrogen (secondary N) is 1. The van der Waals surface area contributed by atoms with Gasteiger partial charge in [-0.25, -0.2) is 0 Å². The van der Waals surface area contributed by atoms with Gasteiger partial charge in [0.15, 0.2) is 16.8 Å². The second-order valence-electron chi connectivity index (χ2n) is 8.68. The fraction of sp³-hybridized carbons (Fsp3) is 0.214. The molecule has 38 heavy (non-hydrogen) atoms. The second kappa shape index (κ2) is 12.4. The van der Waals surface area contributed by atoms with Crippen molar-refractivity contribution in [1.82, 2.24) is 19.7 Å². The van der Waals surface area contributed by atoms with Gasteiger partial charge in [0, 0.05) is 34.9 Å². The molecule has 3 aromatic carbocycles. The number of amides is 1. The lowest BCUT2D eigenvalue weighted by Crippen LogP contribution is -2.36. The van der Waals surface area contributed by atoms with E-state index in [0.29, 0.717) is 46.8 Å². The molecule has 1 fully saturated rings. The van der Waals surface area contributed by atoms with Gasteiger partial charge in [-0.15, -0.1) is 10.2 Å². The molecule has 1 aromatic heterocycles. The van der Waals surface area contributed by atoms with E-state index in [1.165, 1.54) is 11.8 Å². The number of ether oxygens (including phenoxy) is 1. The zero-order chi connectivity index (χ0) is 26.3. The molecule has 10 heteroatoms. The van der Waals surface area contributed by atoms with Crippen LogP contribution >= 0.6 is 23.4 Å². The fourth-order valence-electron chi connectivity index (χ4n) is 4.16. The first-order chi connectivity index (χ1) is 18.6. The Balaban J connectivity index is 1.32. The molecule has 4 aromatic rings. The molecule has 0 saturated carbocycles. The number of para-hydroxylation sites is 1. The number of anilines is 1. The third-order valence-corrected chi connectivity index (χ3v) is 7.25. The lowest BCUT2D eigenvalue weighted by atomic mass is 10.0. The SMILES string of the molecule is O=C(CSc1nnc(CN2CCOCC2)n1-c1ccc(Cl)cc1)Nc1ccccc1C(=O)c1ccccc1. The van der Waals surface area contributed by atoms with Gasteiger partial charge in [0.25, 0.3) is 0 Å². The number of hydrogen-bond donors (Lipinski definition) is 1. The molecule has 8 nitrogen and oxygen atoms in total. The minimum absolute atomic E-state index is 0.0944. The second-order valence-corrected chi connectivity index (χ2v) is 10.1. The lowest BCUT2D eigenvalue weighted by molar-refractivity contribution is -0.113. The first-order valence-corrected chi connectivity index (χ1v) is 13.6. The first-order valence-electron chi connectivity index (χ1n) is 12.2. The number of rotatable bonds is 9. The predicted molar refractivity (Wildman–Crippen MR) is 148 cm³/mol. The Morgan fingerprint density at radius 3 is 2.39 bits per heavy atom. The lowest BCUT2D eigenvalue weighted by Gasteiger charge is -2.26. The Kier molecular flexibility index (Phi) is 8.50. The molecule has 0 unspecified atom stereocenters. The average Bonchev–Trinajstić information content (AvgIpc) is 3.35. The van der Waals surface area contributed by atoms with Crippen molar-refractivity contribution >= 4 is 40.7 Å². The molecule has 2 heterocycles. The molecule has 0 atom stereocenters. The van der Waals surface area contributed by atoms with Crippen molar-refractivity contribution < 1.29 is 14.3 Å². The Morgan fingerprint density at radius 2 is 1.63 bits per heavy atom. The van der Waals surface area contributed by atoms with Crippen LogP contribution in [0.1, 0.15) is 21.7 Å². The molecule has 0 spiro atoms. The minimum Gasteiger partial charge on any atom is -0.379 e. The summed E-state index contributed by atoms with van der Waals surface area (Å²) in [6.45, 7) is 3.62. The first kappa shape index (κ1) is 26.1. The number of morpholine rings is 1. The van der Waals surface area contributed by atoms with Crippen molar-refractivity contribution in [3.63, 3.8) is 0 Å². The summed E-state index contributed by atoms with van der Waals surface area (Å²) in [6.07, 6.45) is 0. The van der Waals surface area contributed by atoms with E-state index in [2.05, 4.69) is 20.4 Å². The topological polar surface area (TPSA) is 89.3 Å². The van der Waals surface area contributed by atoms with Crippen LogP contribution in [-0.2, 0) is 16.1 Å². The molecule has 194 valence electrons. The van der Waals surface area contributed by atoms with E-state index >= 15 is 0 Å². The summed E-state index contributed by atoms with van der Waals surface area (Å²) in [4.78, 5) is 28.3. The van der Waals surface area contributed by atoms with Crippen molar-refractivity contribution in [2.75, 3.05) is 37.4 Å². The van der Waals surface area contributed by atoms with Crippen LogP contribution in [-0.4, -0.2) is 63.4 Å². The highest BCUT2D eigenvalue weighted by Gasteiger charge is 2.20. The molecule has 1 N–H and O–H groups in total. The average molecular weight is 548 g/mol. The molecule has 0 radical (unpaired) electrons. The summed E-state index contributed by atoms with van der Waals surface area (Å²) in [7, 11) is 0. The van der Waals surface area contributed by atoms with E-state index in [1.807, 2.05) is 47.0 Å². The van der Waals surface area contributed by atoms with Crippen LogP contribution in [0.5, 0.6) is 0 Å². The van der Waals surface area contributed by atoms with E-state index in [9.17, 15) is 9.59 Å². The number of hydrogen-bond acceptors (Lipinski definition) is 7. The third-order valence-electron chi connectivity index (χ3n) is 6.07. The van der Waals surface area contributed by atoms with Crippen LogP contribution in [0.3, 0.4) is 0 Å². The van der Waals surface area contributed by atoms with Crippen molar-refractivity contribution in [2.45, 2.75) is 11.7 Å². The van der Waals surface area contributed by atoms with Gasteiger partial charge < -0.3 is 10.1 Å². The highest BCUT2D eigenvalue weighted by molar-refractivity contribution is 7.99. The zero-order valence-electron chi connectivity index (χ0n) is 20.5. The predicted octanol–water partition coefficient (Wildman–Crippen LogP) is 4.71. The minimum atomic E-state index is -0.247. The zero-order valence-corrected chi connectivity index (χ0v) is 22.1. The molecule has 5 rings (SSSR count). The largest absolute Gasteiger partial charge is 0.379 e. The van der Waals surface area contributed by atoms with E-state index in [-0.39, 0.29) is 17.4 Å². The molecule has 1 aliphatic rings. The number of aromatic nitrogens is 3. The van der Waals surface area contributed by atoms with E-state index in [1.54, 1.807) is 36.4 Å². The van der Waals surface area contributed by atoms with Gasteiger partial charge in [-0.2, -0.15) is 0 Å². The van der Waals surface area contributed by atoms with Crippen LogP contribution in [0.4, 0.5) is 5.69 Å². The number of carbonyl (C=O) groups is 2. The molecular weight excluding hydrogens is 522 g/mol. The third kappa shape index (κ3) is 6.31. The quantitative estimate of drug-likeness (QED) is 0.240. The van der Waals surface area contributed by atoms with E-state index in [0.717, 1.165) is 24.6 Å². The standard InChI is InChI=1S/C28H26ClN5O3S/c29-21-10-12-22(13-11-21)34-25(18-33-14-16-37-17-15-33)31-32-28(34)38-19-26(35)30-24-9-5-4-8-23(24)27(36)20-6-2-1-3-7-20/h1-13H,14-19H2,(H,30,35). The van der Waals surface area contributed by atoms with Gasteiger partial charge in [0.1, 0.15) is 0 Å². The Morgan fingerprint density at radius 1 is 0.921 bits per heavy atom. The molecule has 1 saturated heterocycles.